The number of H-pyrrole nitrogens is 1. The molecule has 7 nitrogen and oxygen atoms in total. The van der Waals surface area contributed by atoms with Crippen molar-refractivity contribution < 1.29 is 9.78 Å². The monoisotopic (exact) mass is 359 g/mol. The van der Waals surface area contributed by atoms with E-state index in [-0.39, 0.29) is 5.91 Å². The second kappa shape index (κ2) is 7.03. The first kappa shape index (κ1) is 16.4. The van der Waals surface area contributed by atoms with Crippen molar-refractivity contribution in [2.75, 3.05) is 36.8 Å². The van der Waals surface area contributed by atoms with E-state index >= 15 is 0 Å². The number of aryl methyl sites for hydroxylation is 1. The third kappa shape index (κ3) is 3.63. The van der Waals surface area contributed by atoms with Crippen molar-refractivity contribution in [1.82, 2.24) is 19.7 Å². The molecule has 4 rings (SSSR count). The fourth-order valence-electron chi connectivity index (χ4n) is 3.20. The molecule has 2 aliphatic rings. The molecule has 1 aliphatic carbocycles. The molecule has 1 aliphatic heterocycles. The van der Waals surface area contributed by atoms with Crippen LogP contribution < -0.4 is 9.88 Å². The van der Waals surface area contributed by atoms with E-state index < -0.39 is 0 Å². The van der Waals surface area contributed by atoms with E-state index in [1.165, 1.54) is 24.6 Å². The number of carbonyl (C=O) groups is 1. The largest absolute Gasteiger partial charge is 0.334 e. The molecule has 1 N–H and O–H groups in total. The van der Waals surface area contributed by atoms with Crippen LogP contribution in [0.15, 0.2) is 29.6 Å². The molecule has 132 valence electrons. The van der Waals surface area contributed by atoms with Crippen LogP contribution in [0, 0.1) is 6.92 Å². The lowest BCUT2D eigenvalue weighted by Crippen LogP contribution is -2.50. The van der Waals surface area contributed by atoms with Crippen molar-refractivity contribution in [2.45, 2.75) is 31.0 Å². The van der Waals surface area contributed by atoms with Gasteiger partial charge in [0.15, 0.2) is 5.16 Å². The van der Waals surface area contributed by atoms with Gasteiger partial charge in [0.2, 0.25) is 5.91 Å². The molecule has 0 radical (unpaired) electrons. The number of nitrogens with zero attached hydrogens (tertiary/aromatic N) is 5. The Kier molecular flexibility index (Phi) is 4.61. The minimum Gasteiger partial charge on any atom is -0.334 e. The first-order valence-corrected chi connectivity index (χ1v) is 9.74. The zero-order chi connectivity index (χ0) is 17.2. The molecule has 1 amide bonds. The molecule has 0 atom stereocenters. The van der Waals surface area contributed by atoms with Crippen LogP contribution in [0.5, 0.6) is 0 Å². The lowest BCUT2D eigenvalue weighted by atomic mass is 10.3. The fraction of sp³-hybridized carbons (Fsp3) is 0.529. The van der Waals surface area contributed by atoms with Gasteiger partial charge in [-0.25, -0.2) is 4.98 Å². The highest BCUT2D eigenvalue weighted by atomic mass is 32.2. The van der Waals surface area contributed by atoms with Crippen molar-refractivity contribution in [3.8, 4) is 0 Å². The number of anilines is 1. The Morgan fingerprint density at radius 1 is 1.24 bits per heavy atom. The topological polar surface area (TPSA) is 68.4 Å². The van der Waals surface area contributed by atoms with E-state index in [2.05, 4.69) is 30.7 Å². The molecule has 0 bridgehead atoms. The Morgan fingerprint density at radius 3 is 2.72 bits per heavy atom. The van der Waals surface area contributed by atoms with Crippen LogP contribution in [-0.2, 0) is 4.79 Å². The summed E-state index contributed by atoms with van der Waals surface area (Å²) in [5, 5.41) is 9.29. The number of hydrogen-bond acceptors (Lipinski definition) is 5. The second-order valence-corrected chi connectivity index (χ2v) is 7.48. The lowest BCUT2D eigenvalue weighted by molar-refractivity contribution is -0.364. The first-order chi connectivity index (χ1) is 12.2. The van der Waals surface area contributed by atoms with Crippen LogP contribution in [0.3, 0.4) is 0 Å². The summed E-state index contributed by atoms with van der Waals surface area (Å²) in [6.07, 6.45) is 4.32. The normalized spacial score (nSPS) is 17.8. The molecule has 2 fully saturated rings. The van der Waals surface area contributed by atoms with Crippen LogP contribution in [0.25, 0.3) is 0 Å². The number of amides is 1. The smallest absolute Gasteiger partial charge is 0.274 e. The standard InChI is InChI=1S/C17H22N6OS/c1-13-19-20-17(23(13)14-5-6-14)25-12-16(24)22-10-8-21(9-11-22)15-4-2-3-7-18-15/h2-4,7,14H,5-6,8-12H2,1H3/p+1. The maximum Gasteiger partial charge on any atom is 0.274 e. The number of rotatable bonds is 5. The SMILES string of the molecule is Cc1nnc(SCC(=O)N2CCN(c3cccc[nH+]3)CC2)n1C1CC1. The molecular formula is C17H23N6OS+. The Hall–Kier alpha value is -2.09. The molecule has 2 aromatic heterocycles. The second-order valence-electron chi connectivity index (χ2n) is 6.54. The van der Waals surface area contributed by atoms with Crippen molar-refractivity contribution >= 4 is 23.5 Å². The number of aromatic amines is 1. The van der Waals surface area contributed by atoms with Gasteiger partial charge < -0.3 is 9.47 Å². The van der Waals surface area contributed by atoms with Gasteiger partial charge in [0, 0.05) is 12.1 Å². The van der Waals surface area contributed by atoms with Crippen LogP contribution in [0.1, 0.15) is 24.7 Å². The maximum atomic E-state index is 12.5. The quantitative estimate of drug-likeness (QED) is 0.750. The Bertz CT molecular complexity index is 737. The minimum atomic E-state index is 0.185. The first-order valence-electron chi connectivity index (χ1n) is 8.76. The van der Waals surface area contributed by atoms with Crippen molar-refractivity contribution in [1.29, 1.82) is 0 Å². The zero-order valence-corrected chi connectivity index (χ0v) is 15.2. The van der Waals surface area contributed by atoms with E-state index in [0.29, 0.717) is 11.8 Å². The van der Waals surface area contributed by atoms with E-state index in [9.17, 15) is 4.79 Å². The molecule has 3 heterocycles. The molecule has 1 saturated heterocycles. The molecule has 0 unspecified atom stereocenters. The summed E-state index contributed by atoms with van der Waals surface area (Å²) in [5.41, 5.74) is 0. The van der Waals surface area contributed by atoms with Crippen LogP contribution in [0.2, 0.25) is 0 Å². The highest BCUT2D eigenvalue weighted by Gasteiger charge is 2.30. The third-order valence-electron chi connectivity index (χ3n) is 4.74. The summed E-state index contributed by atoms with van der Waals surface area (Å²) in [7, 11) is 0. The number of aromatic nitrogens is 4. The molecule has 25 heavy (non-hydrogen) atoms. The van der Waals surface area contributed by atoms with E-state index in [1.807, 2.05) is 30.2 Å². The highest BCUT2D eigenvalue weighted by molar-refractivity contribution is 7.99. The predicted molar refractivity (Wildman–Crippen MR) is 95.5 cm³/mol. The molecule has 0 aromatic carbocycles. The maximum absolute atomic E-state index is 12.5. The average Bonchev–Trinajstić information content (AvgIpc) is 3.43. The van der Waals surface area contributed by atoms with Gasteiger partial charge in [0.1, 0.15) is 18.9 Å². The van der Waals surface area contributed by atoms with E-state index in [0.717, 1.165) is 43.0 Å². The summed E-state index contributed by atoms with van der Waals surface area (Å²) in [5.74, 6) is 2.68. The Balaban J connectivity index is 1.30. The number of nitrogens with one attached hydrogen (secondary N) is 1. The van der Waals surface area contributed by atoms with E-state index in [4.69, 9.17) is 0 Å². The third-order valence-corrected chi connectivity index (χ3v) is 5.67. The van der Waals surface area contributed by atoms with Crippen LogP contribution >= 0.6 is 11.8 Å². The van der Waals surface area contributed by atoms with Gasteiger partial charge in [-0.3, -0.25) is 9.69 Å². The summed E-state index contributed by atoms with van der Waals surface area (Å²) < 4.78 is 2.18. The summed E-state index contributed by atoms with van der Waals surface area (Å²) >= 11 is 1.51. The number of thioether (sulfide) groups is 1. The average molecular weight is 359 g/mol. The predicted octanol–water partition coefficient (Wildman–Crippen LogP) is 1.18. The Labute approximate surface area is 151 Å². The fourth-order valence-corrected chi connectivity index (χ4v) is 4.15. The van der Waals surface area contributed by atoms with Crippen LogP contribution in [0.4, 0.5) is 5.82 Å². The highest BCUT2D eigenvalue weighted by Crippen LogP contribution is 2.38. The van der Waals surface area contributed by atoms with Gasteiger partial charge in [-0.15, -0.1) is 10.2 Å². The molecule has 8 heteroatoms. The zero-order valence-electron chi connectivity index (χ0n) is 14.4. The van der Waals surface area contributed by atoms with Gasteiger partial charge in [-0.05, 0) is 25.8 Å². The molecule has 2 aromatic rings. The molecule has 1 saturated carbocycles. The van der Waals surface area contributed by atoms with E-state index in [1.54, 1.807) is 0 Å². The summed E-state index contributed by atoms with van der Waals surface area (Å²) in [6, 6.07) is 6.61. The van der Waals surface area contributed by atoms with Gasteiger partial charge in [-0.1, -0.05) is 17.8 Å². The van der Waals surface area contributed by atoms with Crippen molar-refractivity contribution in [3.63, 3.8) is 0 Å². The van der Waals surface area contributed by atoms with Gasteiger partial charge >= 0.3 is 0 Å². The van der Waals surface area contributed by atoms with Crippen molar-refractivity contribution in [3.05, 3.63) is 30.2 Å². The Morgan fingerprint density at radius 2 is 2.04 bits per heavy atom. The van der Waals surface area contributed by atoms with Crippen LogP contribution in [-0.4, -0.2) is 57.5 Å². The molecule has 0 spiro atoms. The summed E-state index contributed by atoms with van der Waals surface area (Å²) in [4.78, 5) is 20.0. The number of hydrogen-bond donors (Lipinski definition) is 0. The van der Waals surface area contributed by atoms with Gasteiger partial charge in [0.25, 0.3) is 5.82 Å². The minimum absolute atomic E-state index is 0.185. The van der Waals surface area contributed by atoms with Crippen molar-refractivity contribution in [2.24, 2.45) is 0 Å². The number of piperazine rings is 1. The van der Waals surface area contributed by atoms with Gasteiger partial charge in [-0.2, -0.15) is 0 Å². The number of pyridine rings is 1. The number of carbonyl (C=O) groups excluding carboxylic acids is 1. The lowest BCUT2D eigenvalue weighted by Gasteiger charge is -2.30. The summed E-state index contributed by atoms with van der Waals surface area (Å²) in [6.45, 7) is 5.21. The van der Waals surface area contributed by atoms with Gasteiger partial charge in [0.05, 0.1) is 25.0 Å². The molecular weight excluding hydrogens is 336 g/mol.